The molecule has 1 heterocycles. The van der Waals surface area contributed by atoms with E-state index in [0.717, 1.165) is 19.6 Å². The molecule has 0 N–H and O–H groups in total. The summed E-state index contributed by atoms with van der Waals surface area (Å²) in [6, 6.07) is 0. The van der Waals surface area contributed by atoms with Crippen molar-refractivity contribution in [3.63, 3.8) is 0 Å². The topological polar surface area (TPSA) is 18.5 Å². The van der Waals surface area contributed by atoms with Crippen molar-refractivity contribution in [3.8, 4) is 0 Å². The maximum absolute atomic E-state index is 6.84. The molecule has 4 rings (SSSR count). The Morgan fingerprint density at radius 2 is 1.43 bits per heavy atom. The van der Waals surface area contributed by atoms with Gasteiger partial charge in [0.1, 0.15) is 0 Å². The Labute approximate surface area is 150 Å². The fraction of sp³-hybridized carbons (Fsp3) is 1.00. The van der Waals surface area contributed by atoms with Crippen LogP contribution in [-0.2, 0) is 9.47 Å². The molecule has 0 aromatic carbocycles. The third-order valence-electron chi connectivity index (χ3n) is 7.01. The first-order valence-electron chi connectivity index (χ1n) is 9.74. The van der Waals surface area contributed by atoms with E-state index in [1.54, 1.807) is 0 Å². The smallest absolute Gasteiger partial charge is 0.173 e. The third-order valence-corrected chi connectivity index (χ3v) is 8.35. The molecular formula is C19H30Cl2O2. The standard InChI is InChI=1S/C19H30Cl2O2/c20-15-16-18(17(15)21)9-7-5-3-1-2-4-6-8-14(12-18)13-19(16)22-10-11-23-19/h14-17H,1-13H2/t14-,15+,16+,17-,18-/m1/s1. The lowest BCUT2D eigenvalue weighted by Crippen LogP contribution is -2.71. The molecule has 1 aliphatic heterocycles. The van der Waals surface area contributed by atoms with Crippen molar-refractivity contribution in [1.29, 1.82) is 0 Å². The van der Waals surface area contributed by atoms with Crippen molar-refractivity contribution in [2.24, 2.45) is 17.3 Å². The van der Waals surface area contributed by atoms with E-state index in [0.29, 0.717) is 11.8 Å². The maximum Gasteiger partial charge on any atom is 0.173 e. The Balaban J connectivity index is 1.61. The summed E-state index contributed by atoms with van der Waals surface area (Å²) in [5.41, 5.74) is 0.153. The Morgan fingerprint density at radius 1 is 0.783 bits per heavy atom. The van der Waals surface area contributed by atoms with Crippen LogP contribution in [0, 0.1) is 17.3 Å². The first kappa shape index (κ1) is 16.9. The van der Waals surface area contributed by atoms with E-state index in [1.807, 2.05) is 0 Å². The lowest BCUT2D eigenvalue weighted by atomic mass is 9.47. The number of ether oxygens (including phenoxy) is 2. The highest BCUT2D eigenvalue weighted by Gasteiger charge is 2.71. The van der Waals surface area contributed by atoms with Crippen molar-refractivity contribution in [2.75, 3.05) is 13.2 Å². The summed E-state index contributed by atoms with van der Waals surface area (Å²) >= 11 is 13.6. The summed E-state index contributed by atoms with van der Waals surface area (Å²) in [4.78, 5) is 0. The van der Waals surface area contributed by atoms with Crippen LogP contribution in [0.2, 0.25) is 0 Å². The van der Waals surface area contributed by atoms with Gasteiger partial charge in [-0.15, -0.1) is 23.2 Å². The predicted octanol–water partition coefficient (Wildman–Crippen LogP) is 5.50. The van der Waals surface area contributed by atoms with Crippen molar-refractivity contribution < 1.29 is 9.47 Å². The molecule has 2 bridgehead atoms. The van der Waals surface area contributed by atoms with Gasteiger partial charge in [0.15, 0.2) is 5.79 Å². The second-order valence-corrected chi connectivity index (χ2v) is 9.33. The van der Waals surface area contributed by atoms with Crippen LogP contribution >= 0.6 is 23.2 Å². The highest BCUT2D eigenvalue weighted by molar-refractivity contribution is 6.32. The third kappa shape index (κ3) is 2.76. The van der Waals surface area contributed by atoms with Gasteiger partial charge in [0.2, 0.25) is 0 Å². The van der Waals surface area contributed by atoms with Gasteiger partial charge in [-0.2, -0.15) is 0 Å². The second kappa shape index (κ2) is 6.67. The summed E-state index contributed by atoms with van der Waals surface area (Å²) in [7, 11) is 0. The lowest BCUT2D eigenvalue weighted by molar-refractivity contribution is -0.284. The number of alkyl halides is 2. The summed E-state index contributed by atoms with van der Waals surface area (Å²) in [5, 5.41) is 0.0909. The van der Waals surface area contributed by atoms with Crippen LogP contribution in [0.3, 0.4) is 0 Å². The zero-order valence-corrected chi connectivity index (χ0v) is 15.6. The average molecular weight is 361 g/mol. The fourth-order valence-electron chi connectivity index (χ4n) is 6.05. The zero-order valence-electron chi connectivity index (χ0n) is 14.1. The molecule has 4 heteroatoms. The SMILES string of the molecule is Cl[C@@H]1[C@@H](Cl)[C@@]23CCCCCCCCC[C@@H](CC4(OCCO4)[C@@H]12)C3. The minimum absolute atomic E-state index is 0.00335. The Morgan fingerprint density at radius 3 is 2.17 bits per heavy atom. The molecule has 4 aliphatic rings. The summed E-state index contributed by atoms with van der Waals surface area (Å²) in [6.45, 7) is 1.44. The highest BCUT2D eigenvalue weighted by Crippen LogP contribution is 2.68. The largest absolute Gasteiger partial charge is 0.347 e. The minimum atomic E-state index is -0.426. The van der Waals surface area contributed by atoms with Crippen molar-refractivity contribution in [1.82, 2.24) is 0 Å². The molecule has 1 saturated heterocycles. The van der Waals surface area contributed by atoms with E-state index in [-0.39, 0.29) is 16.2 Å². The number of rotatable bonds is 0. The van der Waals surface area contributed by atoms with Gasteiger partial charge in [-0.25, -0.2) is 0 Å². The van der Waals surface area contributed by atoms with Gasteiger partial charge in [-0.05, 0) is 24.2 Å². The molecule has 0 aromatic heterocycles. The van der Waals surface area contributed by atoms with E-state index in [4.69, 9.17) is 32.7 Å². The average Bonchev–Trinajstić information content (AvgIpc) is 2.99. The van der Waals surface area contributed by atoms with E-state index >= 15 is 0 Å². The van der Waals surface area contributed by atoms with Crippen molar-refractivity contribution in [2.45, 2.75) is 87.2 Å². The van der Waals surface area contributed by atoms with Crippen molar-refractivity contribution in [3.05, 3.63) is 0 Å². The molecule has 23 heavy (non-hydrogen) atoms. The molecular weight excluding hydrogens is 331 g/mol. The van der Waals surface area contributed by atoms with Crippen LogP contribution in [0.25, 0.3) is 0 Å². The molecule has 2 nitrogen and oxygen atoms in total. The molecule has 3 saturated carbocycles. The van der Waals surface area contributed by atoms with Gasteiger partial charge in [0.05, 0.1) is 24.0 Å². The number of fused-ring (bicyclic) bond motifs is 2. The molecule has 0 radical (unpaired) electrons. The quantitative estimate of drug-likeness (QED) is 0.531. The summed E-state index contributed by atoms with van der Waals surface area (Å²) in [5.74, 6) is 0.556. The van der Waals surface area contributed by atoms with E-state index in [9.17, 15) is 0 Å². The molecule has 0 amide bonds. The van der Waals surface area contributed by atoms with Gasteiger partial charge < -0.3 is 9.47 Å². The molecule has 0 aromatic rings. The summed E-state index contributed by atoms with van der Waals surface area (Å²) in [6.07, 6.45) is 14.3. The normalized spacial score (nSPS) is 47.2. The van der Waals surface area contributed by atoms with Gasteiger partial charge >= 0.3 is 0 Å². The number of hydrogen-bond acceptors (Lipinski definition) is 2. The van der Waals surface area contributed by atoms with Crippen LogP contribution < -0.4 is 0 Å². The van der Waals surface area contributed by atoms with Gasteiger partial charge in [-0.3, -0.25) is 0 Å². The van der Waals surface area contributed by atoms with E-state index < -0.39 is 5.79 Å². The fourth-order valence-corrected chi connectivity index (χ4v) is 7.23. The Hall–Kier alpha value is 0.500. The van der Waals surface area contributed by atoms with Gasteiger partial charge in [0, 0.05) is 12.3 Å². The predicted molar refractivity (Wildman–Crippen MR) is 94.1 cm³/mol. The van der Waals surface area contributed by atoms with Gasteiger partial charge in [-0.1, -0.05) is 51.4 Å². The molecule has 0 unspecified atom stereocenters. The number of halogens is 2. The second-order valence-electron chi connectivity index (χ2n) is 8.35. The van der Waals surface area contributed by atoms with E-state index in [2.05, 4.69) is 0 Å². The Kier molecular flexibility index (Phi) is 4.91. The molecule has 4 fully saturated rings. The van der Waals surface area contributed by atoms with Gasteiger partial charge in [0.25, 0.3) is 0 Å². The molecule has 5 atom stereocenters. The van der Waals surface area contributed by atoms with Crippen LogP contribution in [0.4, 0.5) is 0 Å². The molecule has 132 valence electrons. The molecule has 3 aliphatic carbocycles. The monoisotopic (exact) mass is 360 g/mol. The highest BCUT2D eigenvalue weighted by atomic mass is 35.5. The van der Waals surface area contributed by atoms with Crippen LogP contribution in [0.1, 0.15) is 70.6 Å². The first-order chi connectivity index (χ1) is 11.2. The van der Waals surface area contributed by atoms with E-state index in [1.165, 1.54) is 64.2 Å². The van der Waals surface area contributed by atoms with Crippen LogP contribution in [0.15, 0.2) is 0 Å². The summed E-state index contributed by atoms with van der Waals surface area (Å²) < 4.78 is 12.4. The Bertz CT molecular complexity index is 424. The number of hydrogen-bond donors (Lipinski definition) is 0. The first-order valence-corrected chi connectivity index (χ1v) is 10.6. The minimum Gasteiger partial charge on any atom is -0.347 e. The molecule has 2 spiro atoms. The van der Waals surface area contributed by atoms with Crippen LogP contribution in [0.5, 0.6) is 0 Å². The lowest BCUT2D eigenvalue weighted by Gasteiger charge is -2.66. The maximum atomic E-state index is 6.84. The van der Waals surface area contributed by atoms with Crippen molar-refractivity contribution >= 4 is 23.2 Å². The zero-order chi connectivity index (χ0) is 15.9. The van der Waals surface area contributed by atoms with Crippen LogP contribution in [-0.4, -0.2) is 29.8 Å².